The van der Waals surface area contributed by atoms with Crippen molar-refractivity contribution >= 4 is 23.8 Å². The predicted octanol–water partition coefficient (Wildman–Crippen LogP) is 1.94. The lowest BCUT2D eigenvalue weighted by Crippen LogP contribution is -2.05. The molecule has 0 fully saturated rings. The Hall–Kier alpha value is -1.69. The summed E-state index contributed by atoms with van der Waals surface area (Å²) in [6, 6.07) is 7.55. The molecule has 0 aliphatic carbocycles. The fraction of sp³-hybridized carbons (Fsp3) is 0.286. The van der Waals surface area contributed by atoms with Crippen LogP contribution in [0, 0.1) is 0 Å². The number of hydrogen-bond acceptors (Lipinski definition) is 4. The van der Waals surface area contributed by atoms with Gasteiger partial charge in [-0.1, -0.05) is 35.0 Å². The highest BCUT2D eigenvalue weighted by molar-refractivity contribution is 6.30. The van der Waals surface area contributed by atoms with Crippen molar-refractivity contribution < 1.29 is 5.11 Å². The maximum Gasteiger partial charge on any atom is 0.104 e. The number of aliphatic hydroxyl groups is 1. The number of nitrogens with zero attached hydrogens (tertiary/aromatic N) is 3. The number of benzene rings is 1. The van der Waals surface area contributed by atoms with Crippen LogP contribution in [0.3, 0.4) is 0 Å². The van der Waals surface area contributed by atoms with Crippen molar-refractivity contribution in [2.24, 2.45) is 5.73 Å². The lowest BCUT2D eigenvalue weighted by molar-refractivity contribution is 0.276. The molecule has 0 atom stereocenters. The van der Waals surface area contributed by atoms with E-state index < -0.39 is 0 Å². The van der Waals surface area contributed by atoms with Gasteiger partial charge in [-0.3, -0.25) is 0 Å². The van der Waals surface area contributed by atoms with Crippen LogP contribution in [-0.2, 0) is 13.1 Å². The highest BCUT2D eigenvalue weighted by atomic mass is 35.5. The minimum atomic E-state index is 0.123. The third kappa shape index (κ3) is 3.66. The van der Waals surface area contributed by atoms with Gasteiger partial charge >= 0.3 is 0 Å². The second-order valence-electron chi connectivity index (χ2n) is 4.31. The molecule has 0 radical (unpaired) electrons. The molecular formula is C14H17ClN4O. The Balaban J connectivity index is 2.22. The molecule has 20 heavy (non-hydrogen) atoms. The quantitative estimate of drug-likeness (QED) is 0.853. The molecule has 3 N–H and O–H groups in total. The zero-order valence-corrected chi connectivity index (χ0v) is 11.8. The summed E-state index contributed by atoms with van der Waals surface area (Å²) in [4.78, 5) is 0. The monoisotopic (exact) mass is 292 g/mol. The van der Waals surface area contributed by atoms with Gasteiger partial charge in [-0.2, -0.15) is 0 Å². The Morgan fingerprint density at radius 1 is 1.25 bits per heavy atom. The fourth-order valence-electron chi connectivity index (χ4n) is 1.82. The molecule has 0 aliphatic heterocycles. The van der Waals surface area contributed by atoms with Crippen LogP contribution >= 0.6 is 11.6 Å². The van der Waals surface area contributed by atoms with E-state index in [2.05, 4.69) is 10.3 Å². The topological polar surface area (TPSA) is 77.0 Å². The Morgan fingerprint density at radius 3 is 2.65 bits per heavy atom. The van der Waals surface area contributed by atoms with E-state index in [9.17, 15) is 0 Å². The third-order valence-corrected chi connectivity index (χ3v) is 3.12. The van der Waals surface area contributed by atoms with Gasteiger partial charge in [0.25, 0.3) is 0 Å². The van der Waals surface area contributed by atoms with Crippen molar-refractivity contribution in [3.8, 4) is 0 Å². The zero-order valence-electron chi connectivity index (χ0n) is 11.0. The summed E-state index contributed by atoms with van der Waals surface area (Å²) >= 11 is 5.85. The van der Waals surface area contributed by atoms with Crippen molar-refractivity contribution in [1.82, 2.24) is 15.0 Å². The van der Waals surface area contributed by atoms with Gasteiger partial charge in [-0.15, -0.1) is 5.10 Å². The summed E-state index contributed by atoms with van der Waals surface area (Å²) in [7, 11) is 0. The molecule has 0 spiro atoms. The summed E-state index contributed by atoms with van der Waals surface area (Å²) in [5, 5.41) is 17.7. The first-order valence-corrected chi connectivity index (χ1v) is 6.79. The maximum atomic E-state index is 8.90. The fourth-order valence-corrected chi connectivity index (χ4v) is 1.94. The van der Waals surface area contributed by atoms with E-state index in [1.165, 1.54) is 0 Å². The second-order valence-corrected chi connectivity index (χ2v) is 4.75. The molecule has 5 nitrogen and oxygen atoms in total. The molecule has 0 saturated heterocycles. The van der Waals surface area contributed by atoms with Crippen molar-refractivity contribution in [1.29, 1.82) is 0 Å². The molecule has 0 bridgehead atoms. The van der Waals surface area contributed by atoms with Crippen LogP contribution in [0.2, 0.25) is 5.02 Å². The normalized spacial score (nSPS) is 11.3. The molecule has 0 saturated carbocycles. The second kappa shape index (κ2) is 7.19. The molecule has 1 aromatic heterocycles. The summed E-state index contributed by atoms with van der Waals surface area (Å²) in [5.74, 6) is 0. The van der Waals surface area contributed by atoms with Crippen molar-refractivity contribution in [2.75, 3.05) is 6.61 Å². The Labute approximate surface area is 122 Å². The average molecular weight is 293 g/mol. The molecule has 106 valence electrons. The van der Waals surface area contributed by atoms with Crippen molar-refractivity contribution in [2.45, 2.75) is 19.5 Å². The first-order valence-electron chi connectivity index (χ1n) is 6.41. The molecular weight excluding hydrogens is 276 g/mol. The van der Waals surface area contributed by atoms with Crippen molar-refractivity contribution in [3.63, 3.8) is 0 Å². The highest BCUT2D eigenvalue weighted by Crippen LogP contribution is 2.14. The average Bonchev–Trinajstić information content (AvgIpc) is 2.86. The van der Waals surface area contributed by atoms with Gasteiger partial charge in [0.2, 0.25) is 0 Å². The number of aromatic nitrogens is 3. The predicted molar refractivity (Wildman–Crippen MR) is 80.0 cm³/mol. The molecule has 2 rings (SSSR count). The summed E-state index contributed by atoms with van der Waals surface area (Å²) < 4.78 is 1.75. The van der Waals surface area contributed by atoms with E-state index >= 15 is 0 Å². The molecule has 0 amide bonds. The zero-order chi connectivity index (χ0) is 14.4. The van der Waals surface area contributed by atoms with Crippen LogP contribution in [0.15, 0.2) is 24.3 Å². The number of hydrogen-bond donors (Lipinski definition) is 2. The molecule has 0 aliphatic rings. The first kappa shape index (κ1) is 14.7. The molecule has 1 aromatic carbocycles. The van der Waals surface area contributed by atoms with Gasteiger partial charge < -0.3 is 10.8 Å². The standard InChI is InChI=1S/C14H17ClN4O/c15-12-5-2-11(3-6-12)4-7-14-13(10-16)17-18-19(14)8-1-9-20/h2-7,20H,1,8-10,16H2/b7-4+. The number of nitrogens with two attached hydrogens (primary N) is 1. The number of rotatable bonds is 6. The Kier molecular flexibility index (Phi) is 5.29. The molecule has 2 aromatic rings. The first-order chi connectivity index (χ1) is 9.74. The largest absolute Gasteiger partial charge is 0.396 e. The Bertz CT molecular complexity index is 577. The van der Waals surface area contributed by atoms with E-state index in [0.29, 0.717) is 24.5 Å². The summed E-state index contributed by atoms with van der Waals surface area (Å²) in [6.07, 6.45) is 4.53. The highest BCUT2D eigenvalue weighted by Gasteiger charge is 2.08. The number of aliphatic hydroxyl groups excluding tert-OH is 1. The van der Waals surface area contributed by atoms with Gasteiger partial charge in [-0.05, 0) is 30.2 Å². The van der Waals surface area contributed by atoms with Crippen LogP contribution in [0.5, 0.6) is 0 Å². The Morgan fingerprint density at radius 2 is 2.00 bits per heavy atom. The number of halogens is 1. The molecule has 1 heterocycles. The van der Waals surface area contributed by atoms with E-state index in [0.717, 1.165) is 17.0 Å². The van der Waals surface area contributed by atoms with Gasteiger partial charge in [0.05, 0.1) is 5.69 Å². The van der Waals surface area contributed by atoms with E-state index in [1.54, 1.807) is 4.68 Å². The van der Waals surface area contributed by atoms with Gasteiger partial charge in [0, 0.05) is 24.7 Å². The van der Waals surface area contributed by atoms with E-state index in [4.69, 9.17) is 22.4 Å². The lowest BCUT2D eigenvalue weighted by Gasteiger charge is -2.02. The van der Waals surface area contributed by atoms with Gasteiger partial charge in [0.1, 0.15) is 5.69 Å². The van der Waals surface area contributed by atoms with Crippen LogP contribution in [0.25, 0.3) is 12.2 Å². The number of aryl methyl sites for hydroxylation is 1. The van der Waals surface area contributed by atoms with Crippen LogP contribution in [0.4, 0.5) is 0 Å². The summed E-state index contributed by atoms with van der Waals surface area (Å²) in [5.41, 5.74) is 8.31. The third-order valence-electron chi connectivity index (χ3n) is 2.87. The minimum Gasteiger partial charge on any atom is -0.396 e. The molecule has 0 unspecified atom stereocenters. The smallest absolute Gasteiger partial charge is 0.104 e. The van der Waals surface area contributed by atoms with Crippen LogP contribution < -0.4 is 5.73 Å². The molecule has 6 heteroatoms. The SMILES string of the molecule is NCc1nnn(CCCO)c1/C=C/c1ccc(Cl)cc1. The van der Waals surface area contributed by atoms with Crippen LogP contribution in [-0.4, -0.2) is 26.7 Å². The van der Waals surface area contributed by atoms with E-state index in [1.807, 2.05) is 36.4 Å². The van der Waals surface area contributed by atoms with Gasteiger partial charge in [-0.25, -0.2) is 4.68 Å². The summed E-state index contributed by atoms with van der Waals surface area (Å²) in [6.45, 7) is 1.07. The minimum absolute atomic E-state index is 0.123. The lowest BCUT2D eigenvalue weighted by atomic mass is 10.2. The van der Waals surface area contributed by atoms with Crippen molar-refractivity contribution in [3.05, 3.63) is 46.2 Å². The van der Waals surface area contributed by atoms with Crippen LogP contribution in [0.1, 0.15) is 23.4 Å². The maximum absolute atomic E-state index is 8.90. The van der Waals surface area contributed by atoms with Gasteiger partial charge in [0.15, 0.2) is 0 Å². The van der Waals surface area contributed by atoms with E-state index in [-0.39, 0.29) is 6.61 Å².